The molecule has 8 heteroatoms. The van der Waals surface area contributed by atoms with Crippen LogP contribution in [0.2, 0.25) is 0 Å². The molecule has 1 aliphatic rings. The number of fused-ring (bicyclic) bond motifs is 1. The summed E-state index contributed by atoms with van der Waals surface area (Å²) >= 11 is 0. The Balaban J connectivity index is 2.05. The molecule has 0 saturated heterocycles. The van der Waals surface area contributed by atoms with Gasteiger partial charge in [0.2, 0.25) is 5.95 Å². The number of esters is 1. The highest BCUT2D eigenvalue weighted by Crippen LogP contribution is 2.38. The number of rotatable bonds is 7. The van der Waals surface area contributed by atoms with Gasteiger partial charge in [0.05, 0.1) is 18.8 Å². The molecule has 1 atom stereocenters. The summed E-state index contributed by atoms with van der Waals surface area (Å²) in [6.07, 6.45) is 1.78. The van der Waals surface area contributed by atoms with Gasteiger partial charge in [-0.25, -0.2) is 4.79 Å². The lowest BCUT2D eigenvalue weighted by Crippen LogP contribution is -2.30. The van der Waals surface area contributed by atoms with Gasteiger partial charge in [0, 0.05) is 11.3 Å². The quantitative estimate of drug-likeness (QED) is 0.602. The number of hydrogen-bond donors (Lipinski definition) is 1. The molecular weight excluding hydrogens is 334 g/mol. The summed E-state index contributed by atoms with van der Waals surface area (Å²) in [5.41, 5.74) is 1.96. The van der Waals surface area contributed by atoms with Crippen molar-refractivity contribution in [2.24, 2.45) is 0 Å². The standard InChI is InChI=1S/C18H23N5O3/c1-4-6-11-26-17(24)15-12(3)19-18-20-21-22-23(18)16(15)13-9-7-8-10-14(13)25-5-2/h7-10,16H,4-6,11H2,1-3H3,(H,19,20,22)/t16-/m1/s1. The molecule has 0 radical (unpaired) electrons. The smallest absolute Gasteiger partial charge is 0.338 e. The fraction of sp³-hybridized carbons (Fsp3) is 0.444. The summed E-state index contributed by atoms with van der Waals surface area (Å²) in [5.74, 6) is 0.791. The average molecular weight is 357 g/mol. The van der Waals surface area contributed by atoms with Gasteiger partial charge in [-0.05, 0) is 36.8 Å². The number of unbranched alkanes of at least 4 members (excludes halogenated alkanes) is 1. The number of allylic oxidation sites excluding steroid dienone is 1. The largest absolute Gasteiger partial charge is 0.494 e. The lowest BCUT2D eigenvalue weighted by molar-refractivity contribution is -0.139. The minimum absolute atomic E-state index is 0.374. The van der Waals surface area contributed by atoms with E-state index in [0.717, 1.165) is 18.4 Å². The summed E-state index contributed by atoms with van der Waals surface area (Å²) in [4.78, 5) is 12.8. The summed E-state index contributed by atoms with van der Waals surface area (Å²) in [7, 11) is 0. The Labute approximate surface area is 152 Å². The number of aromatic nitrogens is 4. The molecule has 3 rings (SSSR count). The fourth-order valence-electron chi connectivity index (χ4n) is 2.94. The lowest BCUT2D eigenvalue weighted by atomic mass is 9.95. The second-order valence-corrected chi connectivity index (χ2v) is 5.97. The maximum Gasteiger partial charge on any atom is 0.338 e. The summed E-state index contributed by atoms with van der Waals surface area (Å²) < 4.78 is 12.8. The normalized spacial score (nSPS) is 16.0. The number of hydrogen-bond acceptors (Lipinski definition) is 7. The van der Waals surface area contributed by atoms with E-state index in [4.69, 9.17) is 9.47 Å². The molecule has 138 valence electrons. The van der Waals surface area contributed by atoms with E-state index < -0.39 is 6.04 Å². The number of ether oxygens (including phenoxy) is 2. The first-order chi connectivity index (χ1) is 12.7. The Kier molecular flexibility index (Phi) is 5.50. The molecule has 0 saturated carbocycles. The van der Waals surface area contributed by atoms with Gasteiger partial charge in [-0.1, -0.05) is 36.6 Å². The van der Waals surface area contributed by atoms with Crippen LogP contribution in [-0.4, -0.2) is 39.4 Å². The molecule has 0 unspecified atom stereocenters. The van der Waals surface area contributed by atoms with E-state index in [9.17, 15) is 4.79 Å². The third-order valence-electron chi connectivity index (χ3n) is 4.18. The van der Waals surface area contributed by atoms with Crippen LogP contribution in [0.1, 0.15) is 45.2 Å². The number of carbonyl (C=O) groups excluding carboxylic acids is 1. The van der Waals surface area contributed by atoms with Crippen LogP contribution in [0.4, 0.5) is 5.95 Å². The second kappa shape index (κ2) is 7.99. The van der Waals surface area contributed by atoms with Gasteiger partial charge in [-0.3, -0.25) is 0 Å². The Morgan fingerprint density at radius 1 is 1.31 bits per heavy atom. The van der Waals surface area contributed by atoms with Crippen LogP contribution in [0.25, 0.3) is 0 Å². The third kappa shape index (κ3) is 3.40. The van der Waals surface area contributed by atoms with E-state index in [1.54, 1.807) is 4.68 Å². The molecule has 2 heterocycles. The van der Waals surface area contributed by atoms with E-state index in [1.807, 2.05) is 38.1 Å². The monoisotopic (exact) mass is 357 g/mol. The van der Waals surface area contributed by atoms with Crippen LogP contribution in [0.3, 0.4) is 0 Å². The lowest BCUT2D eigenvalue weighted by Gasteiger charge is -2.28. The maximum absolute atomic E-state index is 12.8. The molecular formula is C18H23N5O3. The van der Waals surface area contributed by atoms with Crippen molar-refractivity contribution < 1.29 is 14.3 Å². The van der Waals surface area contributed by atoms with Crippen molar-refractivity contribution in [2.75, 3.05) is 18.5 Å². The summed E-state index contributed by atoms with van der Waals surface area (Å²) in [6, 6.07) is 7.07. The van der Waals surface area contributed by atoms with Gasteiger partial charge in [-0.2, -0.15) is 4.68 Å². The first-order valence-corrected chi connectivity index (χ1v) is 8.81. The van der Waals surface area contributed by atoms with E-state index in [0.29, 0.717) is 36.2 Å². The van der Waals surface area contributed by atoms with Gasteiger partial charge in [0.15, 0.2) is 0 Å². The Hall–Kier alpha value is -2.90. The number of para-hydroxylation sites is 1. The predicted octanol–water partition coefficient (Wildman–Crippen LogP) is 2.70. The Bertz CT molecular complexity index is 815. The SMILES string of the molecule is CCCCOC(=O)C1=C(C)Nc2nnnn2[C@@H]1c1ccccc1OCC. The zero-order chi connectivity index (χ0) is 18.5. The number of carbonyl (C=O) groups is 1. The van der Waals surface area contributed by atoms with Crippen molar-refractivity contribution in [1.29, 1.82) is 0 Å². The zero-order valence-electron chi connectivity index (χ0n) is 15.2. The molecule has 0 fully saturated rings. The number of tetrazole rings is 1. The Morgan fingerprint density at radius 2 is 2.12 bits per heavy atom. The van der Waals surface area contributed by atoms with Crippen molar-refractivity contribution in [2.45, 2.75) is 39.7 Å². The highest BCUT2D eigenvalue weighted by atomic mass is 16.5. The number of benzene rings is 1. The van der Waals surface area contributed by atoms with Crippen molar-refractivity contribution in [3.05, 3.63) is 41.1 Å². The van der Waals surface area contributed by atoms with Crippen molar-refractivity contribution >= 4 is 11.9 Å². The van der Waals surface area contributed by atoms with Crippen LogP contribution in [0, 0.1) is 0 Å². The van der Waals surface area contributed by atoms with Crippen LogP contribution in [0.5, 0.6) is 5.75 Å². The van der Waals surface area contributed by atoms with Crippen molar-refractivity contribution in [1.82, 2.24) is 20.2 Å². The number of nitrogens with one attached hydrogen (secondary N) is 1. The van der Waals surface area contributed by atoms with Crippen molar-refractivity contribution in [3.8, 4) is 5.75 Å². The molecule has 8 nitrogen and oxygen atoms in total. The summed E-state index contributed by atoms with van der Waals surface area (Å²) in [6.45, 7) is 6.69. The molecule has 0 aliphatic carbocycles. The van der Waals surface area contributed by atoms with Crippen LogP contribution >= 0.6 is 0 Å². The summed E-state index contributed by atoms with van der Waals surface area (Å²) in [5, 5.41) is 14.9. The van der Waals surface area contributed by atoms with Crippen LogP contribution < -0.4 is 10.1 Å². The fourth-order valence-corrected chi connectivity index (χ4v) is 2.94. The van der Waals surface area contributed by atoms with Crippen LogP contribution in [0.15, 0.2) is 35.5 Å². The van der Waals surface area contributed by atoms with Gasteiger partial charge in [0.1, 0.15) is 11.8 Å². The predicted molar refractivity (Wildman–Crippen MR) is 95.8 cm³/mol. The third-order valence-corrected chi connectivity index (χ3v) is 4.18. The Morgan fingerprint density at radius 3 is 2.88 bits per heavy atom. The second-order valence-electron chi connectivity index (χ2n) is 5.97. The molecule has 1 aliphatic heterocycles. The highest BCUT2D eigenvalue weighted by molar-refractivity contribution is 5.92. The van der Waals surface area contributed by atoms with Gasteiger partial charge in [0.25, 0.3) is 0 Å². The van der Waals surface area contributed by atoms with E-state index >= 15 is 0 Å². The number of nitrogens with zero attached hydrogens (tertiary/aromatic N) is 4. The molecule has 0 amide bonds. The first-order valence-electron chi connectivity index (χ1n) is 8.81. The average Bonchev–Trinajstić information content (AvgIpc) is 3.09. The minimum atomic E-state index is -0.516. The molecule has 26 heavy (non-hydrogen) atoms. The van der Waals surface area contributed by atoms with Crippen LogP contribution in [-0.2, 0) is 9.53 Å². The van der Waals surface area contributed by atoms with E-state index in [-0.39, 0.29) is 5.97 Å². The number of anilines is 1. The van der Waals surface area contributed by atoms with Gasteiger partial charge in [-0.15, -0.1) is 0 Å². The molecule has 0 spiro atoms. The molecule has 1 aromatic heterocycles. The van der Waals surface area contributed by atoms with Crippen molar-refractivity contribution in [3.63, 3.8) is 0 Å². The molecule has 2 aromatic rings. The minimum Gasteiger partial charge on any atom is -0.494 e. The topological polar surface area (TPSA) is 91.2 Å². The highest BCUT2D eigenvalue weighted by Gasteiger charge is 2.36. The molecule has 1 N–H and O–H groups in total. The first kappa shape index (κ1) is 17.9. The van der Waals surface area contributed by atoms with Gasteiger partial charge >= 0.3 is 5.97 Å². The molecule has 0 bridgehead atoms. The zero-order valence-corrected chi connectivity index (χ0v) is 15.2. The maximum atomic E-state index is 12.8. The van der Waals surface area contributed by atoms with E-state index in [2.05, 4.69) is 27.8 Å². The molecule has 1 aromatic carbocycles. The van der Waals surface area contributed by atoms with Gasteiger partial charge < -0.3 is 14.8 Å². The van der Waals surface area contributed by atoms with E-state index in [1.165, 1.54) is 0 Å².